The third kappa shape index (κ3) is 3.99. The van der Waals surface area contributed by atoms with Crippen LogP contribution < -0.4 is 0 Å². The highest BCUT2D eigenvalue weighted by Crippen LogP contribution is 2.63. The van der Waals surface area contributed by atoms with Crippen LogP contribution >= 0.6 is 0 Å². The number of carbonyl (C=O) groups is 5. The lowest BCUT2D eigenvalue weighted by atomic mass is 9.44. The molecular weight excluding hydrogens is 577 g/mol. The predicted molar refractivity (Wildman–Crippen MR) is 159 cm³/mol. The number of methoxy groups -OCH3 is 1. The van der Waals surface area contributed by atoms with E-state index in [0.29, 0.717) is 27.2 Å². The molecule has 1 heterocycles. The highest BCUT2D eigenvalue weighted by atomic mass is 19.1. The topological polar surface area (TPSA) is 118 Å². The van der Waals surface area contributed by atoms with Crippen LogP contribution in [0.4, 0.5) is 9.18 Å². The molecule has 1 saturated carbocycles. The van der Waals surface area contributed by atoms with Crippen molar-refractivity contribution < 1.29 is 38.2 Å². The molecule has 1 aliphatic heterocycles. The number of hydrogen-bond acceptors (Lipinski definition) is 7. The molecule has 226 valence electrons. The van der Waals surface area contributed by atoms with Crippen LogP contribution in [0, 0.1) is 29.5 Å². The number of ether oxygens (including phenoxy) is 1. The molecule has 1 N–H and O–H groups in total. The number of amides is 3. The monoisotopic (exact) mass is 605 g/mol. The number of halogens is 1. The average Bonchev–Trinajstić information content (AvgIpc) is 3.32. The summed E-state index contributed by atoms with van der Waals surface area (Å²) in [6.07, 6.45) is 2.25. The summed E-state index contributed by atoms with van der Waals surface area (Å²) in [4.78, 5) is 69.8. The van der Waals surface area contributed by atoms with Gasteiger partial charge in [-0.05, 0) is 53.7 Å². The number of Topliss-reactive ketones (excluding diaryl/α,β-unsaturated/α-hetero) is 1. The SMILES string of the molecule is COC(=O)N1C(=O)C2CC=C3C(CC4C(=O)C(c5ccccc5)=CC(=O)C4(c4ccccc4)C3c3ccc(O)c(F)c3)C2C1=O. The van der Waals surface area contributed by atoms with Gasteiger partial charge in [0.15, 0.2) is 23.1 Å². The van der Waals surface area contributed by atoms with Gasteiger partial charge in [-0.3, -0.25) is 19.2 Å². The second-order valence-corrected chi connectivity index (χ2v) is 12.0. The maximum absolute atomic E-state index is 15.1. The van der Waals surface area contributed by atoms with Gasteiger partial charge in [-0.25, -0.2) is 9.18 Å². The van der Waals surface area contributed by atoms with Crippen molar-refractivity contribution in [1.29, 1.82) is 0 Å². The van der Waals surface area contributed by atoms with E-state index >= 15 is 4.39 Å². The molecule has 0 radical (unpaired) electrons. The number of phenols is 1. The van der Waals surface area contributed by atoms with E-state index in [0.717, 1.165) is 13.2 Å². The summed E-state index contributed by atoms with van der Waals surface area (Å²) in [7, 11) is 1.09. The maximum Gasteiger partial charge on any atom is 0.423 e. The zero-order valence-corrected chi connectivity index (χ0v) is 24.2. The fourth-order valence-corrected chi connectivity index (χ4v) is 8.22. The smallest absolute Gasteiger partial charge is 0.423 e. The molecular formula is C36H28FNO7. The van der Waals surface area contributed by atoms with Gasteiger partial charge in [-0.1, -0.05) is 78.4 Å². The van der Waals surface area contributed by atoms with Gasteiger partial charge in [-0.2, -0.15) is 4.90 Å². The fourth-order valence-electron chi connectivity index (χ4n) is 8.22. The second kappa shape index (κ2) is 10.5. The molecule has 2 fully saturated rings. The molecule has 45 heavy (non-hydrogen) atoms. The van der Waals surface area contributed by atoms with Gasteiger partial charge >= 0.3 is 6.09 Å². The van der Waals surface area contributed by atoms with E-state index in [9.17, 15) is 29.1 Å². The number of phenolic OH excluding ortho intramolecular Hbond substituents is 1. The number of fused-ring (bicyclic) bond motifs is 4. The summed E-state index contributed by atoms with van der Waals surface area (Å²) in [5.41, 5.74) is 0.791. The van der Waals surface area contributed by atoms with Crippen molar-refractivity contribution in [3.05, 3.63) is 119 Å². The number of aromatic hydroxyl groups is 1. The molecule has 3 aromatic carbocycles. The van der Waals surface area contributed by atoms with Gasteiger partial charge in [0.05, 0.1) is 24.4 Å². The third-order valence-electron chi connectivity index (χ3n) is 10.0. The Labute approximate surface area is 257 Å². The summed E-state index contributed by atoms with van der Waals surface area (Å²) in [6, 6.07) is 21.6. The van der Waals surface area contributed by atoms with Crippen molar-refractivity contribution >= 4 is 35.0 Å². The minimum absolute atomic E-state index is 0.0434. The minimum atomic E-state index is -1.52. The first-order valence-corrected chi connectivity index (χ1v) is 14.8. The van der Waals surface area contributed by atoms with E-state index in [1.807, 2.05) is 6.08 Å². The Morgan fingerprint density at radius 3 is 2.29 bits per heavy atom. The number of nitrogens with zero attached hydrogens (tertiary/aromatic N) is 1. The summed E-state index contributed by atoms with van der Waals surface area (Å²) >= 11 is 0. The quantitative estimate of drug-likeness (QED) is 0.325. The number of carbonyl (C=O) groups excluding carboxylic acids is 5. The van der Waals surface area contributed by atoms with Gasteiger partial charge in [0, 0.05) is 17.4 Å². The highest BCUT2D eigenvalue weighted by molar-refractivity contribution is 6.31. The van der Waals surface area contributed by atoms with E-state index < -0.39 is 64.5 Å². The zero-order valence-electron chi connectivity index (χ0n) is 24.2. The predicted octanol–water partition coefficient (Wildman–Crippen LogP) is 5.12. The fraction of sp³-hybridized carbons (Fsp3) is 0.250. The number of benzene rings is 3. The number of ketones is 2. The first kappa shape index (κ1) is 28.6. The first-order chi connectivity index (χ1) is 21.7. The Balaban J connectivity index is 1.50. The van der Waals surface area contributed by atoms with Gasteiger partial charge < -0.3 is 9.84 Å². The van der Waals surface area contributed by atoms with Crippen LogP contribution in [-0.4, -0.2) is 46.6 Å². The van der Waals surface area contributed by atoms with Crippen molar-refractivity contribution in [2.45, 2.75) is 24.2 Å². The highest BCUT2D eigenvalue weighted by Gasteiger charge is 2.66. The second-order valence-electron chi connectivity index (χ2n) is 12.0. The van der Waals surface area contributed by atoms with Crippen molar-refractivity contribution in [3.8, 4) is 5.75 Å². The summed E-state index contributed by atoms with van der Waals surface area (Å²) in [5.74, 6) is -8.01. The molecule has 0 aromatic heterocycles. The van der Waals surface area contributed by atoms with Crippen LogP contribution in [0.2, 0.25) is 0 Å². The minimum Gasteiger partial charge on any atom is -0.505 e. The van der Waals surface area contributed by atoms with Crippen molar-refractivity contribution in [1.82, 2.24) is 4.90 Å². The van der Waals surface area contributed by atoms with Crippen molar-refractivity contribution in [2.75, 3.05) is 7.11 Å². The molecule has 3 aromatic rings. The van der Waals surface area contributed by atoms with Crippen LogP contribution in [-0.2, 0) is 29.3 Å². The van der Waals surface area contributed by atoms with E-state index in [2.05, 4.69) is 0 Å². The van der Waals surface area contributed by atoms with E-state index in [4.69, 9.17) is 4.74 Å². The van der Waals surface area contributed by atoms with Crippen LogP contribution in [0.15, 0.2) is 96.6 Å². The molecule has 6 unspecified atom stereocenters. The Kier molecular flexibility index (Phi) is 6.65. The molecule has 0 bridgehead atoms. The maximum atomic E-state index is 15.1. The molecule has 1 saturated heterocycles. The molecule has 6 atom stereocenters. The van der Waals surface area contributed by atoms with E-state index in [1.165, 1.54) is 18.2 Å². The number of likely N-dealkylation sites (tertiary alicyclic amines) is 1. The van der Waals surface area contributed by atoms with E-state index in [1.54, 1.807) is 60.7 Å². The zero-order chi connectivity index (χ0) is 31.6. The molecule has 7 rings (SSSR count). The molecule has 3 aliphatic carbocycles. The molecule has 0 spiro atoms. The van der Waals surface area contributed by atoms with Crippen molar-refractivity contribution in [2.24, 2.45) is 23.7 Å². The van der Waals surface area contributed by atoms with Crippen LogP contribution in [0.3, 0.4) is 0 Å². The van der Waals surface area contributed by atoms with Gasteiger partial charge in [0.25, 0.3) is 0 Å². The number of rotatable bonds is 3. The normalized spacial score (nSPS) is 28.9. The Bertz CT molecular complexity index is 1850. The summed E-state index contributed by atoms with van der Waals surface area (Å²) in [6.45, 7) is 0. The number of imide groups is 3. The van der Waals surface area contributed by atoms with Gasteiger partial charge in [-0.15, -0.1) is 0 Å². The van der Waals surface area contributed by atoms with E-state index in [-0.39, 0.29) is 30.0 Å². The Morgan fingerprint density at radius 1 is 0.933 bits per heavy atom. The lowest BCUT2D eigenvalue weighted by Crippen LogP contribution is -2.58. The molecule has 9 heteroatoms. The van der Waals surface area contributed by atoms with Crippen LogP contribution in [0.1, 0.15) is 35.4 Å². The number of hydrogen-bond donors (Lipinski definition) is 1. The van der Waals surface area contributed by atoms with Gasteiger partial charge in [0.2, 0.25) is 11.8 Å². The largest absolute Gasteiger partial charge is 0.505 e. The molecule has 8 nitrogen and oxygen atoms in total. The van der Waals surface area contributed by atoms with Crippen LogP contribution in [0.25, 0.3) is 5.57 Å². The lowest BCUT2D eigenvalue weighted by molar-refractivity contribution is -0.138. The first-order valence-electron chi connectivity index (χ1n) is 14.8. The third-order valence-corrected chi connectivity index (χ3v) is 10.0. The van der Waals surface area contributed by atoms with Gasteiger partial charge in [0.1, 0.15) is 0 Å². The molecule has 3 amide bonds. The van der Waals surface area contributed by atoms with Crippen molar-refractivity contribution in [3.63, 3.8) is 0 Å². The van der Waals surface area contributed by atoms with Crippen LogP contribution in [0.5, 0.6) is 5.75 Å². The number of allylic oxidation sites excluding steroid dienone is 4. The summed E-state index contributed by atoms with van der Waals surface area (Å²) < 4.78 is 19.8. The summed E-state index contributed by atoms with van der Waals surface area (Å²) in [5, 5.41) is 10.1. The molecule has 4 aliphatic rings. The lowest BCUT2D eigenvalue weighted by Gasteiger charge is -2.55. The standard InChI is InChI=1S/C36H28FNO7/c1-45-35(44)38-33(42)23-14-13-22-25(30(23)34(38)43)17-26-32(41)24(19-8-4-2-5-9-19)18-29(40)36(26,21-10-6-3-7-11-21)31(22)20-12-15-28(39)27(37)16-20/h2-13,15-16,18,23,25-26,30-31,39H,14,17H2,1H3. The average molecular weight is 606 g/mol. The Morgan fingerprint density at radius 2 is 1.62 bits per heavy atom. The Hall–Kier alpha value is -5.18.